The molecule has 1 saturated heterocycles. The Morgan fingerprint density at radius 2 is 1.58 bits per heavy atom. The van der Waals surface area contributed by atoms with Gasteiger partial charge in [0, 0.05) is 23.4 Å². The van der Waals surface area contributed by atoms with Crippen molar-refractivity contribution in [2.75, 3.05) is 0 Å². The van der Waals surface area contributed by atoms with E-state index in [1.165, 1.54) is 48.8 Å². The lowest BCUT2D eigenvalue weighted by Crippen LogP contribution is -2.55. The number of aromatic nitrogens is 1. The van der Waals surface area contributed by atoms with E-state index in [1.807, 2.05) is 12.3 Å². The number of rotatable bonds is 1. The van der Waals surface area contributed by atoms with E-state index in [0.29, 0.717) is 11.8 Å². The molecule has 8 rings (SSSR count). The topological polar surface area (TPSA) is 55.1 Å². The normalized spacial score (nSPS) is 36.2. The van der Waals surface area contributed by atoms with Gasteiger partial charge >= 0.3 is 7.12 Å². The van der Waals surface area contributed by atoms with Crippen LogP contribution < -0.4 is 5.46 Å². The summed E-state index contributed by atoms with van der Waals surface area (Å²) < 4.78 is 12.9. The van der Waals surface area contributed by atoms with E-state index in [4.69, 9.17) is 9.31 Å². The summed E-state index contributed by atoms with van der Waals surface area (Å²) in [5.74, 6) is 3.03. The summed E-state index contributed by atoms with van der Waals surface area (Å²) in [6, 6.07) is 9.05. The molecule has 1 aliphatic heterocycles. The van der Waals surface area contributed by atoms with Gasteiger partial charge in [0.15, 0.2) is 0 Å². The van der Waals surface area contributed by atoms with Gasteiger partial charge in [0.25, 0.3) is 0 Å². The zero-order valence-corrected chi connectivity index (χ0v) is 20.0. The molecule has 1 aromatic heterocycles. The molecule has 0 unspecified atom stereocenters. The molecule has 5 fully saturated rings. The average molecular weight is 438 g/mol. The van der Waals surface area contributed by atoms with Crippen molar-refractivity contribution in [3.63, 3.8) is 0 Å². The highest BCUT2D eigenvalue weighted by Crippen LogP contribution is 2.69. The quantitative estimate of drug-likeness (QED) is 0.590. The Morgan fingerprint density at radius 1 is 0.939 bits per heavy atom. The Labute approximate surface area is 196 Å². The van der Waals surface area contributed by atoms with E-state index in [1.54, 1.807) is 0 Å². The van der Waals surface area contributed by atoms with E-state index in [-0.39, 0.29) is 5.41 Å². The molecule has 5 aliphatic carbocycles. The summed E-state index contributed by atoms with van der Waals surface area (Å²) >= 11 is 0. The number of hydrogen-bond donors (Lipinski definition) is 0. The fourth-order valence-corrected chi connectivity index (χ4v) is 8.38. The maximum Gasteiger partial charge on any atom is 0.494 e. The minimum atomic E-state index is -0.455. The number of hydrogen-bond acceptors (Lipinski definition) is 4. The van der Waals surface area contributed by atoms with Crippen LogP contribution in [-0.2, 0) is 14.7 Å². The molecule has 168 valence electrons. The van der Waals surface area contributed by atoms with Crippen LogP contribution in [0.2, 0.25) is 0 Å². The molecule has 1 aromatic carbocycles. The number of nitriles is 1. The zero-order chi connectivity index (χ0) is 22.8. The molecule has 5 heteroatoms. The first kappa shape index (κ1) is 20.2. The summed E-state index contributed by atoms with van der Waals surface area (Å²) in [4.78, 5) is 4.61. The van der Waals surface area contributed by atoms with Crippen LogP contribution in [0.25, 0.3) is 11.1 Å². The van der Waals surface area contributed by atoms with Gasteiger partial charge in [0.05, 0.1) is 22.8 Å². The molecule has 33 heavy (non-hydrogen) atoms. The third-order valence-corrected chi connectivity index (χ3v) is 10.2. The molecular formula is C28H31BN2O2. The van der Waals surface area contributed by atoms with Gasteiger partial charge in [-0.2, -0.15) is 5.26 Å². The molecule has 0 N–H and O–H groups in total. The van der Waals surface area contributed by atoms with Gasteiger partial charge in [-0.1, -0.05) is 6.07 Å². The maximum atomic E-state index is 10.3. The van der Waals surface area contributed by atoms with Crippen LogP contribution in [0.1, 0.15) is 76.5 Å². The van der Waals surface area contributed by atoms with Gasteiger partial charge < -0.3 is 9.31 Å². The second-order valence-electron chi connectivity index (χ2n) is 12.3. The summed E-state index contributed by atoms with van der Waals surface area (Å²) in [5.41, 5.74) is 5.99. The Balaban J connectivity index is 1.46. The smallest absolute Gasteiger partial charge is 0.399 e. The van der Waals surface area contributed by atoms with Crippen molar-refractivity contribution in [1.29, 1.82) is 5.26 Å². The average Bonchev–Trinajstić information content (AvgIpc) is 3.18. The highest BCUT2D eigenvalue weighted by molar-refractivity contribution is 6.62. The molecule has 1 spiro atoms. The molecule has 6 aliphatic rings. The molecule has 0 atom stereocenters. The predicted molar refractivity (Wildman–Crippen MR) is 128 cm³/mol. The van der Waals surface area contributed by atoms with E-state index in [2.05, 4.69) is 57.1 Å². The van der Waals surface area contributed by atoms with Crippen molar-refractivity contribution in [1.82, 2.24) is 4.98 Å². The molecule has 0 radical (unpaired) electrons. The van der Waals surface area contributed by atoms with Gasteiger partial charge in [0.2, 0.25) is 0 Å². The van der Waals surface area contributed by atoms with E-state index in [9.17, 15) is 5.26 Å². The van der Waals surface area contributed by atoms with E-state index in [0.717, 1.165) is 28.4 Å². The molecular weight excluding hydrogens is 407 g/mol. The fourth-order valence-electron chi connectivity index (χ4n) is 8.38. The zero-order valence-electron chi connectivity index (χ0n) is 20.0. The first-order chi connectivity index (χ1) is 15.7. The lowest BCUT2D eigenvalue weighted by Gasteiger charge is -2.61. The van der Waals surface area contributed by atoms with Crippen molar-refractivity contribution in [3.8, 4) is 17.2 Å². The summed E-state index contributed by atoms with van der Waals surface area (Å²) in [7, 11) is -0.455. The highest BCUT2D eigenvalue weighted by atomic mass is 16.7. The molecule has 4 saturated carbocycles. The lowest BCUT2D eigenvalue weighted by atomic mass is 9.43. The van der Waals surface area contributed by atoms with Crippen molar-refractivity contribution >= 4 is 12.6 Å². The van der Waals surface area contributed by atoms with Crippen LogP contribution in [0.5, 0.6) is 0 Å². The monoisotopic (exact) mass is 438 g/mol. The number of benzene rings is 1. The van der Waals surface area contributed by atoms with Crippen LogP contribution >= 0.6 is 0 Å². The molecule has 4 nitrogen and oxygen atoms in total. The largest absolute Gasteiger partial charge is 0.494 e. The Morgan fingerprint density at radius 3 is 2.18 bits per heavy atom. The summed E-state index contributed by atoms with van der Waals surface area (Å²) in [6.07, 6.45) is 10.7. The number of nitrogens with zero attached hydrogens (tertiary/aromatic N) is 2. The molecule has 2 aromatic rings. The van der Waals surface area contributed by atoms with Crippen molar-refractivity contribution in [2.24, 2.45) is 23.7 Å². The van der Waals surface area contributed by atoms with E-state index >= 15 is 0 Å². The Hall–Kier alpha value is -2.16. The highest BCUT2D eigenvalue weighted by Gasteiger charge is 2.62. The van der Waals surface area contributed by atoms with Crippen LogP contribution in [0, 0.1) is 35.0 Å². The van der Waals surface area contributed by atoms with Crippen LogP contribution in [0.3, 0.4) is 0 Å². The van der Waals surface area contributed by atoms with Crippen molar-refractivity contribution in [3.05, 3.63) is 47.3 Å². The van der Waals surface area contributed by atoms with Gasteiger partial charge in [-0.15, -0.1) is 0 Å². The minimum absolute atomic E-state index is 0.0163. The Kier molecular flexibility index (Phi) is 3.86. The number of pyridine rings is 1. The Bertz CT molecular complexity index is 1180. The van der Waals surface area contributed by atoms with Crippen molar-refractivity contribution in [2.45, 2.75) is 76.4 Å². The van der Waals surface area contributed by atoms with E-state index < -0.39 is 18.3 Å². The second-order valence-corrected chi connectivity index (χ2v) is 12.3. The maximum absolute atomic E-state index is 10.3. The van der Waals surface area contributed by atoms with Crippen LogP contribution in [0.15, 0.2) is 30.6 Å². The fraction of sp³-hybridized carbons (Fsp3) is 0.571. The summed E-state index contributed by atoms with van der Waals surface area (Å²) in [6.45, 7) is 8.36. The summed E-state index contributed by atoms with van der Waals surface area (Å²) in [5, 5.41) is 10.3. The molecule has 0 amide bonds. The third kappa shape index (κ3) is 2.42. The van der Waals surface area contributed by atoms with Gasteiger partial charge in [0.1, 0.15) is 0 Å². The molecule has 2 heterocycles. The minimum Gasteiger partial charge on any atom is -0.399 e. The van der Waals surface area contributed by atoms with Crippen molar-refractivity contribution < 1.29 is 9.31 Å². The second kappa shape index (κ2) is 6.29. The van der Waals surface area contributed by atoms with Gasteiger partial charge in [-0.25, -0.2) is 0 Å². The van der Waals surface area contributed by atoms with Crippen LogP contribution in [-0.4, -0.2) is 23.3 Å². The predicted octanol–water partition coefficient (Wildman–Crippen LogP) is 4.98. The first-order valence-electron chi connectivity index (χ1n) is 12.6. The third-order valence-electron chi connectivity index (χ3n) is 10.2. The van der Waals surface area contributed by atoms with Gasteiger partial charge in [-0.05, 0) is 118 Å². The lowest BCUT2D eigenvalue weighted by molar-refractivity contribution is -0.0400. The first-order valence-corrected chi connectivity index (χ1v) is 12.6. The molecule has 4 bridgehead atoms. The number of fused-ring (bicyclic) bond motifs is 3. The standard InChI is InChI=1S/C28H31BN2O2/c1-26(2)27(3,4)33-29(32-26)21-12-18(14-30)25-22-5-6-31-15-24(22)28(23(25)13-21)19-8-16-7-17(10-19)11-20(28)9-16/h5-6,12-13,15-17,19-20H,7-11H2,1-4H3. The van der Waals surface area contributed by atoms with Gasteiger partial charge in [-0.3, -0.25) is 4.98 Å². The van der Waals surface area contributed by atoms with Crippen LogP contribution in [0.4, 0.5) is 0 Å². The SMILES string of the molecule is CC1(C)OB(c2cc(C#N)c3c(c2)C2(c4cnccc4-3)C3CC4CC(C3)CC2C4)OC1(C)C.